The molecule has 0 aliphatic carbocycles. The summed E-state index contributed by atoms with van der Waals surface area (Å²) >= 11 is 5.89. The van der Waals surface area contributed by atoms with Crippen molar-refractivity contribution in [2.45, 2.75) is 32.0 Å². The Morgan fingerprint density at radius 3 is 2.72 bits per heavy atom. The van der Waals surface area contributed by atoms with Crippen molar-refractivity contribution in [3.8, 4) is 5.75 Å². The lowest BCUT2D eigenvalue weighted by Gasteiger charge is -2.20. The van der Waals surface area contributed by atoms with Crippen LogP contribution in [0, 0.1) is 0 Å². The Balaban J connectivity index is 1.69. The predicted molar refractivity (Wildman–Crippen MR) is 123 cm³/mol. The van der Waals surface area contributed by atoms with Crippen LogP contribution in [0.3, 0.4) is 0 Å². The average molecular weight is 484 g/mol. The van der Waals surface area contributed by atoms with E-state index in [0.29, 0.717) is 35.3 Å². The van der Waals surface area contributed by atoms with Crippen molar-refractivity contribution in [1.29, 1.82) is 0 Å². The summed E-state index contributed by atoms with van der Waals surface area (Å²) in [5.74, 6) is 1.15. The third kappa shape index (κ3) is 6.86. The first-order valence-corrected chi connectivity index (χ1v) is 12.3. The minimum Gasteiger partial charge on any atom is -0.489 e. The maximum Gasteiger partial charge on any atom is 0.328 e. The molecule has 1 aromatic heterocycles. The van der Waals surface area contributed by atoms with Crippen molar-refractivity contribution in [3.63, 3.8) is 0 Å². The molecule has 2 atom stereocenters. The van der Waals surface area contributed by atoms with Crippen LogP contribution in [-0.4, -0.2) is 54.1 Å². The third-order valence-corrected chi connectivity index (χ3v) is 6.89. The molecule has 2 heterocycles. The number of hydrogen-bond acceptors (Lipinski definition) is 6. The number of aromatic nitrogens is 2. The Hall–Kier alpha value is -2.79. The van der Waals surface area contributed by atoms with Crippen LogP contribution in [0.5, 0.6) is 5.75 Å². The van der Waals surface area contributed by atoms with Crippen LogP contribution in [0.1, 0.15) is 18.9 Å². The minimum absolute atomic E-state index is 0.00464. The molecule has 0 bridgehead atoms. The van der Waals surface area contributed by atoms with Gasteiger partial charge in [-0.2, -0.15) is 0 Å². The van der Waals surface area contributed by atoms with E-state index in [1.54, 1.807) is 24.3 Å². The van der Waals surface area contributed by atoms with E-state index in [4.69, 9.17) is 16.3 Å². The number of halogens is 1. The van der Waals surface area contributed by atoms with Gasteiger partial charge < -0.3 is 19.9 Å². The van der Waals surface area contributed by atoms with E-state index in [-0.39, 0.29) is 30.2 Å². The molecule has 1 saturated heterocycles. The van der Waals surface area contributed by atoms with Gasteiger partial charge in [0.2, 0.25) is 0 Å². The van der Waals surface area contributed by atoms with Gasteiger partial charge in [-0.15, -0.1) is 0 Å². The van der Waals surface area contributed by atoms with Crippen LogP contribution in [0.2, 0.25) is 5.02 Å². The first-order valence-electron chi connectivity index (χ1n) is 10.1. The van der Waals surface area contributed by atoms with Gasteiger partial charge in [0.15, 0.2) is 15.8 Å². The van der Waals surface area contributed by atoms with Crippen LogP contribution in [0.25, 0.3) is 0 Å². The first-order chi connectivity index (χ1) is 15.1. The van der Waals surface area contributed by atoms with Gasteiger partial charge in [0, 0.05) is 24.3 Å². The molecule has 3 N–H and O–H groups in total. The number of nitrogens with one attached hydrogen (secondary N) is 3. The SMILES string of the molecule is CC(CNC(=NCc1cn(C)c(=O)[nH]c1=O)NC1CCS(=O)(=O)C1)Oc1ccc(Cl)cc1. The van der Waals surface area contributed by atoms with Gasteiger partial charge in [-0.3, -0.25) is 9.78 Å². The number of ether oxygens (including phenoxy) is 1. The van der Waals surface area contributed by atoms with E-state index in [1.807, 2.05) is 6.92 Å². The minimum atomic E-state index is -3.07. The summed E-state index contributed by atoms with van der Waals surface area (Å²) in [6, 6.07) is 6.72. The normalized spacial score (nSPS) is 18.8. The summed E-state index contributed by atoms with van der Waals surface area (Å²) in [5.41, 5.74) is -0.722. The maximum absolute atomic E-state index is 12.0. The molecule has 3 rings (SSSR count). The van der Waals surface area contributed by atoms with Gasteiger partial charge in [-0.05, 0) is 37.6 Å². The predicted octanol–water partition coefficient (Wildman–Crippen LogP) is 0.417. The van der Waals surface area contributed by atoms with E-state index in [1.165, 1.54) is 17.8 Å². The fraction of sp³-hybridized carbons (Fsp3) is 0.450. The van der Waals surface area contributed by atoms with E-state index in [2.05, 4.69) is 20.6 Å². The molecule has 1 aliphatic heterocycles. The second-order valence-electron chi connectivity index (χ2n) is 7.70. The number of sulfone groups is 1. The highest BCUT2D eigenvalue weighted by Crippen LogP contribution is 2.16. The zero-order valence-electron chi connectivity index (χ0n) is 17.8. The van der Waals surface area contributed by atoms with Crippen LogP contribution in [-0.2, 0) is 23.4 Å². The number of aryl methyl sites for hydroxylation is 1. The van der Waals surface area contributed by atoms with Crippen molar-refractivity contribution >= 4 is 27.4 Å². The van der Waals surface area contributed by atoms with Crippen LogP contribution in [0.4, 0.5) is 0 Å². The van der Waals surface area contributed by atoms with Gasteiger partial charge in [0.05, 0.1) is 30.2 Å². The smallest absolute Gasteiger partial charge is 0.328 e. The fourth-order valence-corrected chi connectivity index (χ4v) is 4.98. The van der Waals surface area contributed by atoms with E-state index < -0.39 is 21.1 Å². The van der Waals surface area contributed by atoms with Crippen molar-refractivity contribution < 1.29 is 13.2 Å². The quantitative estimate of drug-likeness (QED) is 0.383. The van der Waals surface area contributed by atoms with Gasteiger partial charge in [0.25, 0.3) is 5.56 Å². The molecule has 1 fully saturated rings. The molecule has 174 valence electrons. The van der Waals surface area contributed by atoms with Crippen LogP contribution >= 0.6 is 11.6 Å². The molecule has 0 spiro atoms. The van der Waals surface area contributed by atoms with Crippen LogP contribution < -0.4 is 26.6 Å². The maximum atomic E-state index is 12.0. The number of nitrogens with zero attached hydrogens (tertiary/aromatic N) is 2. The molecule has 0 saturated carbocycles. The van der Waals surface area contributed by atoms with E-state index >= 15 is 0 Å². The summed E-state index contributed by atoms with van der Waals surface area (Å²) in [6.07, 6.45) is 1.66. The molecule has 2 aromatic rings. The monoisotopic (exact) mass is 483 g/mol. The highest BCUT2D eigenvalue weighted by molar-refractivity contribution is 7.91. The molecule has 0 radical (unpaired) electrons. The number of aliphatic imine (C=N–C) groups is 1. The zero-order valence-corrected chi connectivity index (χ0v) is 19.4. The first kappa shape index (κ1) is 23.9. The molecule has 1 aliphatic rings. The van der Waals surface area contributed by atoms with E-state index in [0.717, 1.165) is 0 Å². The molecule has 10 nitrogen and oxygen atoms in total. The summed E-state index contributed by atoms with van der Waals surface area (Å²) in [6.45, 7) is 2.25. The second-order valence-corrected chi connectivity index (χ2v) is 10.4. The number of guanidine groups is 1. The van der Waals surface area contributed by atoms with Crippen molar-refractivity contribution in [2.24, 2.45) is 12.0 Å². The standard InChI is InChI=1S/C20H26ClN5O5S/c1-13(31-17-5-3-15(21)4-6-17)9-22-19(24-16-7-8-32(29,30)12-16)23-10-14-11-26(2)20(28)25-18(14)27/h3-6,11,13,16H,7-10,12H2,1-2H3,(H2,22,23,24)(H,25,27,28). The molecule has 1 aromatic carbocycles. The number of rotatable bonds is 7. The van der Waals surface area contributed by atoms with Crippen molar-refractivity contribution in [1.82, 2.24) is 20.2 Å². The topological polar surface area (TPSA) is 135 Å². The Bertz CT molecular complexity index is 1190. The molecule has 2 unspecified atom stereocenters. The molecule has 12 heteroatoms. The summed E-state index contributed by atoms with van der Waals surface area (Å²) < 4.78 is 30.7. The summed E-state index contributed by atoms with van der Waals surface area (Å²) in [5, 5.41) is 6.87. The molecule has 0 amide bonds. The van der Waals surface area contributed by atoms with Gasteiger partial charge >= 0.3 is 5.69 Å². The Labute approximate surface area is 190 Å². The van der Waals surface area contributed by atoms with Gasteiger partial charge in [-0.25, -0.2) is 18.2 Å². The third-order valence-electron chi connectivity index (χ3n) is 4.87. The number of aromatic amines is 1. The van der Waals surface area contributed by atoms with Gasteiger partial charge in [0.1, 0.15) is 11.9 Å². The van der Waals surface area contributed by atoms with Crippen molar-refractivity contribution in [3.05, 3.63) is 61.9 Å². The number of H-pyrrole nitrogens is 1. The van der Waals surface area contributed by atoms with E-state index in [9.17, 15) is 18.0 Å². The Kier molecular flexibility index (Phi) is 7.62. The lowest BCUT2D eigenvalue weighted by atomic mass is 10.3. The Morgan fingerprint density at radius 2 is 2.06 bits per heavy atom. The Morgan fingerprint density at radius 1 is 1.34 bits per heavy atom. The molecular weight excluding hydrogens is 458 g/mol. The molecule has 32 heavy (non-hydrogen) atoms. The second kappa shape index (κ2) is 10.2. The number of hydrogen-bond donors (Lipinski definition) is 3. The summed E-state index contributed by atoms with van der Waals surface area (Å²) in [7, 11) is -1.54. The van der Waals surface area contributed by atoms with Crippen LogP contribution in [0.15, 0.2) is 45.0 Å². The average Bonchev–Trinajstić information content (AvgIpc) is 3.07. The lowest BCUT2D eigenvalue weighted by Crippen LogP contribution is -2.46. The highest BCUT2D eigenvalue weighted by atomic mass is 35.5. The lowest BCUT2D eigenvalue weighted by molar-refractivity contribution is 0.223. The zero-order chi connectivity index (χ0) is 23.3. The number of benzene rings is 1. The summed E-state index contributed by atoms with van der Waals surface area (Å²) in [4.78, 5) is 30.2. The highest BCUT2D eigenvalue weighted by Gasteiger charge is 2.28. The largest absolute Gasteiger partial charge is 0.489 e. The van der Waals surface area contributed by atoms with Gasteiger partial charge in [-0.1, -0.05) is 11.6 Å². The fourth-order valence-electron chi connectivity index (χ4n) is 3.18. The molecular formula is C20H26ClN5O5S. The van der Waals surface area contributed by atoms with Crippen molar-refractivity contribution in [2.75, 3.05) is 18.1 Å².